The summed E-state index contributed by atoms with van der Waals surface area (Å²) in [5.74, 6) is 0.640. The van der Waals surface area contributed by atoms with Gasteiger partial charge in [-0.1, -0.05) is 0 Å². The molecule has 1 saturated heterocycles. The molecular formula is C21H22N6O2S. The van der Waals surface area contributed by atoms with E-state index in [4.69, 9.17) is 0 Å². The Morgan fingerprint density at radius 2 is 2.03 bits per heavy atom. The molecule has 4 aromatic heterocycles. The van der Waals surface area contributed by atoms with E-state index in [-0.39, 0.29) is 0 Å². The normalized spacial score (nSPS) is 15.7. The summed E-state index contributed by atoms with van der Waals surface area (Å²) < 4.78 is 3.18. The van der Waals surface area contributed by atoms with Crippen LogP contribution in [-0.4, -0.2) is 42.1 Å². The molecule has 1 aliphatic rings. The van der Waals surface area contributed by atoms with Crippen LogP contribution in [0, 0.1) is 5.92 Å². The van der Waals surface area contributed by atoms with Gasteiger partial charge in [0.1, 0.15) is 0 Å². The fourth-order valence-electron chi connectivity index (χ4n) is 4.16. The third kappa shape index (κ3) is 3.86. The van der Waals surface area contributed by atoms with Crippen LogP contribution in [0.25, 0.3) is 11.2 Å². The van der Waals surface area contributed by atoms with E-state index in [1.807, 2.05) is 11.7 Å². The molecule has 0 unspecified atom stereocenters. The molecule has 9 heteroatoms. The summed E-state index contributed by atoms with van der Waals surface area (Å²) >= 11 is 1.65. The minimum Gasteiger partial charge on any atom is -0.297 e. The first-order chi connectivity index (χ1) is 14.7. The second kappa shape index (κ2) is 8.00. The minimum absolute atomic E-state index is 0.408. The average Bonchev–Trinajstić information content (AvgIpc) is 3.39. The molecule has 154 valence electrons. The van der Waals surface area contributed by atoms with Crippen LogP contribution in [0.1, 0.15) is 24.1 Å². The third-order valence-electron chi connectivity index (χ3n) is 5.75. The molecule has 0 aromatic carbocycles. The van der Waals surface area contributed by atoms with Gasteiger partial charge in [-0.15, -0.1) is 11.3 Å². The molecule has 1 fully saturated rings. The molecule has 0 saturated carbocycles. The van der Waals surface area contributed by atoms with Crippen molar-refractivity contribution in [1.29, 1.82) is 0 Å². The van der Waals surface area contributed by atoms with Gasteiger partial charge in [0.05, 0.1) is 28.6 Å². The number of hydrogen-bond donors (Lipinski definition) is 1. The molecule has 5 rings (SSSR count). The predicted octanol–water partition coefficient (Wildman–Crippen LogP) is 2.08. The van der Waals surface area contributed by atoms with E-state index in [0.29, 0.717) is 11.6 Å². The lowest BCUT2D eigenvalue weighted by Crippen LogP contribution is -2.33. The van der Waals surface area contributed by atoms with Gasteiger partial charge in [0.15, 0.2) is 0 Å². The first kappa shape index (κ1) is 19.0. The second-order valence-corrected chi connectivity index (χ2v) is 8.50. The lowest BCUT2D eigenvalue weighted by Gasteiger charge is -2.31. The molecule has 0 bridgehead atoms. The highest BCUT2D eigenvalue weighted by Gasteiger charge is 2.20. The van der Waals surface area contributed by atoms with Crippen LogP contribution in [0.3, 0.4) is 0 Å². The molecule has 1 aliphatic heterocycles. The Hall–Kier alpha value is -3.04. The van der Waals surface area contributed by atoms with Crippen LogP contribution in [0.4, 0.5) is 0 Å². The average molecular weight is 423 g/mol. The number of nitrogens with zero attached hydrogens (tertiary/aromatic N) is 5. The smallest absolute Gasteiger partial charge is 0.297 e. The van der Waals surface area contributed by atoms with E-state index >= 15 is 0 Å². The number of piperidine rings is 1. The van der Waals surface area contributed by atoms with Crippen molar-refractivity contribution in [1.82, 2.24) is 29.0 Å². The molecule has 0 amide bonds. The zero-order valence-electron chi connectivity index (χ0n) is 16.4. The van der Waals surface area contributed by atoms with Crippen LogP contribution in [0.2, 0.25) is 0 Å². The van der Waals surface area contributed by atoms with E-state index < -0.39 is 11.2 Å². The first-order valence-corrected chi connectivity index (χ1v) is 11.0. The molecule has 4 aromatic rings. The van der Waals surface area contributed by atoms with Gasteiger partial charge in [-0.05, 0) is 56.0 Å². The highest BCUT2D eigenvalue weighted by molar-refractivity contribution is 7.07. The summed E-state index contributed by atoms with van der Waals surface area (Å²) in [7, 11) is 0. The largest absolute Gasteiger partial charge is 0.333 e. The van der Waals surface area contributed by atoms with Crippen molar-refractivity contribution in [3.8, 4) is 5.69 Å². The van der Waals surface area contributed by atoms with Gasteiger partial charge in [-0.2, -0.15) is 5.10 Å². The SMILES string of the molecule is O=c1ccn(-c2cnn3ccc(CC4CCN(Cc5cscn5)CC4)cc23)c(=O)[nH]1. The van der Waals surface area contributed by atoms with E-state index in [0.717, 1.165) is 37.3 Å². The maximum atomic E-state index is 12.2. The van der Waals surface area contributed by atoms with Crippen molar-refractivity contribution in [3.05, 3.63) is 79.8 Å². The number of fused-ring (bicyclic) bond motifs is 1. The van der Waals surface area contributed by atoms with Crippen LogP contribution < -0.4 is 11.2 Å². The highest BCUT2D eigenvalue weighted by atomic mass is 32.1. The number of aromatic amines is 1. The van der Waals surface area contributed by atoms with Crippen molar-refractivity contribution in [2.45, 2.75) is 25.8 Å². The number of likely N-dealkylation sites (tertiary alicyclic amines) is 1. The third-order valence-corrected chi connectivity index (χ3v) is 6.38. The van der Waals surface area contributed by atoms with Gasteiger partial charge in [-0.3, -0.25) is 19.2 Å². The fraction of sp³-hybridized carbons (Fsp3) is 0.333. The van der Waals surface area contributed by atoms with E-state index in [1.165, 1.54) is 35.2 Å². The van der Waals surface area contributed by atoms with Crippen molar-refractivity contribution in [2.24, 2.45) is 5.92 Å². The Bertz CT molecular complexity index is 1260. The number of aromatic nitrogens is 5. The minimum atomic E-state index is -0.463. The Kier molecular flexibility index (Phi) is 5.06. The topological polar surface area (TPSA) is 88.3 Å². The van der Waals surface area contributed by atoms with Crippen LogP contribution >= 0.6 is 11.3 Å². The molecule has 0 spiro atoms. The molecule has 0 aliphatic carbocycles. The van der Waals surface area contributed by atoms with E-state index in [2.05, 4.69) is 37.5 Å². The van der Waals surface area contributed by atoms with Crippen LogP contribution in [0.15, 0.2) is 57.3 Å². The fourth-order valence-corrected chi connectivity index (χ4v) is 4.71. The zero-order valence-corrected chi connectivity index (χ0v) is 17.2. The Balaban J connectivity index is 1.31. The summed E-state index contributed by atoms with van der Waals surface area (Å²) in [5, 5.41) is 6.47. The van der Waals surface area contributed by atoms with Gasteiger partial charge >= 0.3 is 5.69 Å². The molecule has 1 N–H and O–H groups in total. The monoisotopic (exact) mass is 422 g/mol. The van der Waals surface area contributed by atoms with Gasteiger partial charge in [0.25, 0.3) is 5.56 Å². The molecule has 30 heavy (non-hydrogen) atoms. The molecule has 5 heterocycles. The summed E-state index contributed by atoms with van der Waals surface area (Å²) in [5.41, 5.74) is 4.93. The number of nitrogens with one attached hydrogen (secondary N) is 1. The number of hydrogen-bond acceptors (Lipinski definition) is 6. The maximum absolute atomic E-state index is 12.2. The molecule has 0 atom stereocenters. The Labute approximate surface area is 176 Å². The lowest BCUT2D eigenvalue weighted by molar-refractivity contribution is 0.175. The zero-order chi connectivity index (χ0) is 20.5. The molecule has 0 radical (unpaired) electrons. The van der Waals surface area contributed by atoms with Crippen LogP contribution in [-0.2, 0) is 13.0 Å². The summed E-state index contributed by atoms with van der Waals surface area (Å²) in [4.78, 5) is 32.7. The maximum Gasteiger partial charge on any atom is 0.333 e. The lowest BCUT2D eigenvalue weighted by atomic mass is 9.90. The van der Waals surface area contributed by atoms with Gasteiger partial charge in [0, 0.05) is 30.4 Å². The number of rotatable bonds is 5. The van der Waals surface area contributed by atoms with Gasteiger partial charge in [0.2, 0.25) is 0 Å². The highest BCUT2D eigenvalue weighted by Crippen LogP contribution is 2.24. The Morgan fingerprint density at radius 1 is 1.17 bits per heavy atom. The molecular weight excluding hydrogens is 400 g/mol. The second-order valence-electron chi connectivity index (χ2n) is 7.78. The van der Waals surface area contributed by atoms with E-state index in [9.17, 15) is 9.59 Å². The van der Waals surface area contributed by atoms with Crippen molar-refractivity contribution in [2.75, 3.05) is 13.1 Å². The van der Waals surface area contributed by atoms with Crippen molar-refractivity contribution >= 4 is 16.9 Å². The van der Waals surface area contributed by atoms with Crippen molar-refractivity contribution in [3.63, 3.8) is 0 Å². The number of H-pyrrole nitrogens is 1. The van der Waals surface area contributed by atoms with Crippen molar-refractivity contribution < 1.29 is 0 Å². The quantitative estimate of drug-likeness (QED) is 0.532. The summed E-state index contributed by atoms with van der Waals surface area (Å²) in [6, 6.07) is 5.54. The Morgan fingerprint density at radius 3 is 2.80 bits per heavy atom. The summed E-state index contributed by atoms with van der Waals surface area (Å²) in [6.45, 7) is 3.12. The number of pyridine rings is 1. The van der Waals surface area contributed by atoms with Crippen LogP contribution in [0.5, 0.6) is 0 Å². The van der Waals surface area contributed by atoms with Gasteiger partial charge < -0.3 is 0 Å². The van der Waals surface area contributed by atoms with E-state index in [1.54, 1.807) is 22.0 Å². The standard InChI is InChI=1S/C21H22N6O2S/c28-20-4-7-26(21(29)24-20)19-11-23-27-8-3-16(10-18(19)27)9-15-1-5-25(6-2-15)12-17-13-30-14-22-17/h3-4,7-8,10-11,13-15H,1-2,5-6,9,12H2,(H,24,28,29). The number of thiazole rings is 1. The first-order valence-electron chi connectivity index (χ1n) is 10.0. The van der Waals surface area contributed by atoms with Gasteiger partial charge in [-0.25, -0.2) is 14.3 Å². The predicted molar refractivity (Wildman–Crippen MR) is 115 cm³/mol. The molecule has 8 nitrogen and oxygen atoms in total. The summed E-state index contributed by atoms with van der Waals surface area (Å²) in [6.07, 6.45) is 8.41.